The maximum atomic E-state index is 14.1. The maximum Gasteiger partial charge on any atom is 0.241 e. The number of rotatable bonds is 2. The predicted octanol–water partition coefficient (Wildman–Crippen LogP) is 3.12. The molecule has 2 fully saturated rings. The molecule has 1 saturated carbocycles. The third-order valence-electron chi connectivity index (χ3n) is 4.54. The van der Waals surface area contributed by atoms with Crippen LogP contribution in [0.4, 0.5) is 8.78 Å². The Balaban J connectivity index is 1.92. The van der Waals surface area contributed by atoms with Gasteiger partial charge in [-0.15, -0.1) is 0 Å². The van der Waals surface area contributed by atoms with Crippen LogP contribution in [0.3, 0.4) is 0 Å². The molecule has 2 aliphatic rings. The first-order valence-corrected chi connectivity index (χ1v) is 7.61. The first-order valence-electron chi connectivity index (χ1n) is 7.61. The minimum Gasteiger partial charge on any atom is -0.318 e. The fourth-order valence-corrected chi connectivity index (χ4v) is 3.45. The van der Waals surface area contributed by atoms with Gasteiger partial charge in [-0.2, -0.15) is 0 Å². The predicted molar refractivity (Wildman–Crippen MR) is 75.4 cm³/mol. The molecule has 5 heteroatoms. The van der Waals surface area contributed by atoms with E-state index in [1.165, 1.54) is 18.6 Å². The lowest BCUT2D eigenvalue weighted by Crippen LogP contribution is -2.41. The van der Waals surface area contributed by atoms with Crippen LogP contribution in [0.1, 0.15) is 50.8 Å². The zero-order valence-electron chi connectivity index (χ0n) is 12.1. The lowest BCUT2D eigenvalue weighted by atomic mass is 9.93. The van der Waals surface area contributed by atoms with Crippen LogP contribution in [-0.4, -0.2) is 22.9 Å². The minimum absolute atomic E-state index is 0.00984. The van der Waals surface area contributed by atoms with Crippen molar-refractivity contribution in [1.82, 2.24) is 10.2 Å². The number of nitrogens with zero attached hydrogens (tertiary/aromatic N) is 1. The molecule has 0 bridgehead atoms. The molecule has 1 aromatic carbocycles. The number of benzene rings is 1. The second-order valence-electron chi connectivity index (χ2n) is 5.99. The lowest BCUT2D eigenvalue weighted by Gasteiger charge is -2.35. The van der Waals surface area contributed by atoms with Gasteiger partial charge in [0.05, 0.1) is 6.04 Å². The molecule has 1 saturated heterocycles. The largest absolute Gasteiger partial charge is 0.318 e. The van der Waals surface area contributed by atoms with Gasteiger partial charge in [-0.25, -0.2) is 8.78 Å². The van der Waals surface area contributed by atoms with Gasteiger partial charge in [0.15, 0.2) is 0 Å². The van der Waals surface area contributed by atoms with Crippen molar-refractivity contribution in [2.75, 3.05) is 0 Å². The number of halogens is 2. The van der Waals surface area contributed by atoms with Crippen molar-refractivity contribution in [3.63, 3.8) is 0 Å². The summed E-state index contributed by atoms with van der Waals surface area (Å²) in [7, 11) is 0. The second kappa shape index (κ2) is 5.72. The molecule has 2 atom stereocenters. The number of carbonyl (C=O) groups is 1. The third-order valence-corrected chi connectivity index (χ3v) is 4.54. The van der Waals surface area contributed by atoms with Gasteiger partial charge in [-0.3, -0.25) is 10.1 Å². The average molecular weight is 294 g/mol. The standard InChI is InChI=1S/C16H20F2N2O/c1-10-16(21)20(12-5-3-2-4-6-12)15(19-10)13-8-7-11(17)9-14(13)18/h7-10,12,15,19H,2-6H2,1H3. The van der Waals surface area contributed by atoms with Crippen molar-refractivity contribution in [3.8, 4) is 0 Å². The molecule has 114 valence electrons. The fourth-order valence-electron chi connectivity index (χ4n) is 3.45. The molecule has 0 aromatic heterocycles. The Bertz CT molecular complexity index is 543. The Kier molecular flexibility index (Phi) is 3.93. The smallest absolute Gasteiger partial charge is 0.241 e. The van der Waals surface area contributed by atoms with Gasteiger partial charge in [-0.05, 0) is 31.9 Å². The van der Waals surface area contributed by atoms with Crippen molar-refractivity contribution in [2.45, 2.75) is 57.3 Å². The van der Waals surface area contributed by atoms with Crippen molar-refractivity contribution >= 4 is 5.91 Å². The van der Waals surface area contributed by atoms with Crippen LogP contribution < -0.4 is 5.32 Å². The summed E-state index contributed by atoms with van der Waals surface area (Å²) < 4.78 is 27.2. The molecule has 1 heterocycles. The van der Waals surface area contributed by atoms with Crippen LogP contribution in [0.25, 0.3) is 0 Å². The van der Waals surface area contributed by atoms with Gasteiger partial charge in [0.2, 0.25) is 5.91 Å². The molecule has 1 aliphatic heterocycles. The van der Waals surface area contributed by atoms with E-state index < -0.39 is 17.8 Å². The highest BCUT2D eigenvalue weighted by Crippen LogP contribution is 2.34. The summed E-state index contributed by atoms with van der Waals surface area (Å²) in [5, 5.41) is 3.14. The van der Waals surface area contributed by atoms with E-state index in [1.54, 1.807) is 11.8 Å². The molecule has 2 unspecified atom stereocenters. The van der Waals surface area contributed by atoms with Gasteiger partial charge in [0.1, 0.15) is 17.8 Å². The average Bonchev–Trinajstić information content (AvgIpc) is 2.75. The van der Waals surface area contributed by atoms with E-state index >= 15 is 0 Å². The molecular weight excluding hydrogens is 274 g/mol. The number of hydrogen-bond acceptors (Lipinski definition) is 2. The fraction of sp³-hybridized carbons (Fsp3) is 0.562. The van der Waals surface area contributed by atoms with E-state index in [4.69, 9.17) is 0 Å². The highest BCUT2D eigenvalue weighted by molar-refractivity contribution is 5.84. The Labute approximate surface area is 123 Å². The molecule has 1 amide bonds. The van der Waals surface area contributed by atoms with Crippen LogP contribution in [0.5, 0.6) is 0 Å². The van der Waals surface area contributed by atoms with Gasteiger partial charge in [0.25, 0.3) is 0 Å². The van der Waals surface area contributed by atoms with Gasteiger partial charge in [-0.1, -0.05) is 19.3 Å². The summed E-state index contributed by atoms with van der Waals surface area (Å²) in [6, 6.07) is 3.37. The topological polar surface area (TPSA) is 32.3 Å². The number of carbonyl (C=O) groups excluding carboxylic acids is 1. The Morgan fingerprint density at radius 1 is 1.19 bits per heavy atom. The van der Waals surface area contributed by atoms with E-state index in [2.05, 4.69) is 5.32 Å². The van der Waals surface area contributed by atoms with Crippen LogP contribution in [0.2, 0.25) is 0 Å². The quantitative estimate of drug-likeness (QED) is 0.909. The van der Waals surface area contributed by atoms with E-state index in [9.17, 15) is 13.6 Å². The zero-order valence-corrected chi connectivity index (χ0v) is 12.1. The first kappa shape index (κ1) is 14.4. The van der Waals surface area contributed by atoms with E-state index in [-0.39, 0.29) is 18.0 Å². The molecule has 3 rings (SSSR count). The molecule has 1 N–H and O–H groups in total. The van der Waals surface area contributed by atoms with Crippen molar-refractivity contribution in [3.05, 3.63) is 35.4 Å². The first-order chi connectivity index (χ1) is 10.1. The molecule has 1 aromatic rings. The highest BCUT2D eigenvalue weighted by Gasteiger charge is 2.42. The molecule has 1 aliphatic carbocycles. The molecule has 3 nitrogen and oxygen atoms in total. The summed E-state index contributed by atoms with van der Waals surface area (Å²) in [4.78, 5) is 14.2. The number of hydrogen-bond donors (Lipinski definition) is 1. The van der Waals surface area contributed by atoms with Crippen LogP contribution in [0.15, 0.2) is 18.2 Å². The van der Waals surface area contributed by atoms with Crippen molar-refractivity contribution in [2.24, 2.45) is 0 Å². The van der Waals surface area contributed by atoms with Crippen molar-refractivity contribution in [1.29, 1.82) is 0 Å². The zero-order chi connectivity index (χ0) is 15.0. The monoisotopic (exact) mass is 294 g/mol. The van der Waals surface area contributed by atoms with E-state index in [1.807, 2.05) is 0 Å². The van der Waals surface area contributed by atoms with Crippen LogP contribution >= 0.6 is 0 Å². The Morgan fingerprint density at radius 2 is 1.90 bits per heavy atom. The Morgan fingerprint density at radius 3 is 2.57 bits per heavy atom. The van der Waals surface area contributed by atoms with E-state index in [0.717, 1.165) is 31.7 Å². The van der Waals surface area contributed by atoms with Crippen LogP contribution in [0, 0.1) is 11.6 Å². The van der Waals surface area contributed by atoms with E-state index in [0.29, 0.717) is 5.56 Å². The number of nitrogens with one attached hydrogen (secondary N) is 1. The third kappa shape index (κ3) is 2.67. The van der Waals surface area contributed by atoms with Gasteiger partial charge < -0.3 is 4.90 Å². The van der Waals surface area contributed by atoms with Crippen LogP contribution in [-0.2, 0) is 4.79 Å². The summed E-state index contributed by atoms with van der Waals surface area (Å²) in [5.41, 5.74) is 0.347. The second-order valence-corrected chi connectivity index (χ2v) is 5.99. The molecule has 0 radical (unpaired) electrons. The molecule has 21 heavy (non-hydrogen) atoms. The number of amides is 1. The summed E-state index contributed by atoms with van der Waals surface area (Å²) in [6.07, 6.45) is 4.81. The molecular formula is C16H20F2N2O. The SMILES string of the molecule is CC1NC(c2ccc(F)cc2F)N(C2CCCCC2)C1=O. The summed E-state index contributed by atoms with van der Waals surface area (Å²) in [5.74, 6) is -1.19. The normalized spacial score (nSPS) is 27.4. The van der Waals surface area contributed by atoms with Gasteiger partial charge in [0, 0.05) is 17.7 Å². The molecule has 0 spiro atoms. The van der Waals surface area contributed by atoms with Crippen molar-refractivity contribution < 1.29 is 13.6 Å². The highest BCUT2D eigenvalue weighted by atomic mass is 19.1. The minimum atomic E-state index is -0.602. The van der Waals surface area contributed by atoms with Gasteiger partial charge >= 0.3 is 0 Å². The summed E-state index contributed by atoms with van der Waals surface area (Å²) >= 11 is 0. The maximum absolute atomic E-state index is 14.1. The Hall–Kier alpha value is -1.49. The summed E-state index contributed by atoms with van der Waals surface area (Å²) in [6.45, 7) is 1.79. The lowest BCUT2D eigenvalue weighted by molar-refractivity contribution is -0.132.